The third kappa shape index (κ3) is 3.71. The molecule has 0 saturated heterocycles. The quantitative estimate of drug-likeness (QED) is 0.868. The summed E-state index contributed by atoms with van der Waals surface area (Å²) < 4.78 is 0. The van der Waals surface area contributed by atoms with Crippen LogP contribution in [0.1, 0.15) is 56.3 Å². The van der Waals surface area contributed by atoms with Crippen LogP contribution in [0.25, 0.3) is 0 Å². The van der Waals surface area contributed by atoms with Crippen molar-refractivity contribution in [3.05, 3.63) is 23.9 Å². The summed E-state index contributed by atoms with van der Waals surface area (Å²) in [5.74, 6) is 1.01. The van der Waals surface area contributed by atoms with Crippen molar-refractivity contribution in [3.8, 4) is 0 Å². The Morgan fingerprint density at radius 1 is 1.45 bits per heavy atom. The molecule has 4 nitrogen and oxygen atoms in total. The summed E-state index contributed by atoms with van der Waals surface area (Å²) in [4.78, 5) is 16.1. The first-order chi connectivity index (χ1) is 9.51. The number of nitrogen functional groups attached to an aromatic ring is 1. The van der Waals surface area contributed by atoms with E-state index in [9.17, 15) is 4.79 Å². The van der Waals surface area contributed by atoms with Crippen LogP contribution in [-0.4, -0.2) is 17.4 Å². The lowest BCUT2D eigenvalue weighted by Gasteiger charge is -2.31. The molecule has 0 spiro atoms. The van der Waals surface area contributed by atoms with Gasteiger partial charge in [0.25, 0.3) is 5.91 Å². The van der Waals surface area contributed by atoms with Crippen molar-refractivity contribution in [2.24, 2.45) is 11.3 Å². The van der Waals surface area contributed by atoms with Gasteiger partial charge in [0, 0.05) is 18.3 Å². The van der Waals surface area contributed by atoms with Crippen LogP contribution in [0.4, 0.5) is 5.82 Å². The number of amides is 1. The highest BCUT2D eigenvalue weighted by Gasteiger charge is 2.34. The van der Waals surface area contributed by atoms with Crippen LogP contribution in [0.5, 0.6) is 0 Å². The number of nitrogens with zero attached hydrogens (tertiary/aromatic N) is 1. The Bertz CT molecular complexity index is 465. The molecule has 1 amide bonds. The topological polar surface area (TPSA) is 68.0 Å². The summed E-state index contributed by atoms with van der Waals surface area (Å²) in [5.41, 5.74) is 6.50. The van der Waals surface area contributed by atoms with Gasteiger partial charge in [-0.1, -0.05) is 26.7 Å². The first-order valence-electron chi connectivity index (χ1n) is 7.50. The maximum absolute atomic E-state index is 12.2. The fourth-order valence-electron chi connectivity index (χ4n) is 3.40. The molecule has 0 atom stereocenters. The van der Waals surface area contributed by atoms with E-state index >= 15 is 0 Å². The molecule has 0 aliphatic heterocycles. The van der Waals surface area contributed by atoms with Crippen LogP contribution < -0.4 is 11.1 Å². The van der Waals surface area contributed by atoms with E-state index in [-0.39, 0.29) is 5.91 Å². The van der Waals surface area contributed by atoms with Crippen LogP contribution in [0.2, 0.25) is 0 Å². The molecule has 0 bridgehead atoms. The Hall–Kier alpha value is -1.58. The monoisotopic (exact) mass is 275 g/mol. The minimum Gasteiger partial charge on any atom is -0.384 e. The third-order valence-corrected chi connectivity index (χ3v) is 4.17. The van der Waals surface area contributed by atoms with Gasteiger partial charge in [-0.15, -0.1) is 0 Å². The molecule has 1 saturated carbocycles. The van der Waals surface area contributed by atoms with Crippen LogP contribution in [0, 0.1) is 11.3 Å². The first kappa shape index (κ1) is 14.8. The summed E-state index contributed by atoms with van der Waals surface area (Å²) in [5, 5.41) is 3.09. The summed E-state index contributed by atoms with van der Waals surface area (Å²) in [7, 11) is 0. The number of hydrogen-bond acceptors (Lipinski definition) is 3. The van der Waals surface area contributed by atoms with Crippen molar-refractivity contribution in [2.45, 2.75) is 46.0 Å². The molecule has 1 aliphatic carbocycles. The van der Waals surface area contributed by atoms with Crippen molar-refractivity contribution in [2.75, 3.05) is 12.3 Å². The molecule has 0 radical (unpaired) electrons. The van der Waals surface area contributed by atoms with Gasteiger partial charge in [-0.2, -0.15) is 0 Å². The van der Waals surface area contributed by atoms with Gasteiger partial charge in [-0.05, 0) is 42.7 Å². The molecule has 0 aromatic carbocycles. The molecule has 20 heavy (non-hydrogen) atoms. The van der Waals surface area contributed by atoms with Crippen molar-refractivity contribution in [1.29, 1.82) is 0 Å². The summed E-state index contributed by atoms with van der Waals surface area (Å²) in [6.45, 7) is 5.28. The predicted octanol–water partition coefficient (Wildman–Crippen LogP) is 3.00. The normalized spacial score (nSPS) is 17.4. The number of carbonyl (C=O) groups is 1. The van der Waals surface area contributed by atoms with Gasteiger partial charge in [0.2, 0.25) is 0 Å². The number of hydrogen-bond donors (Lipinski definition) is 2. The molecule has 1 aromatic heterocycles. The number of anilines is 1. The molecule has 2 rings (SSSR count). The second-order valence-corrected chi connectivity index (χ2v) is 6.46. The second-order valence-electron chi connectivity index (χ2n) is 6.46. The lowest BCUT2D eigenvalue weighted by molar-refractivity contribution is 0.0922. The van der Waals surface area contributed by atoms with E-state index < -0.39 is 0 Å². The Balaban J connectivity index is 1.97. The molecule has 0 unspecified atom stereocenters. The average Bonchev–Trinajstić information content (AvgIpc) is 2.84. The number of nitrogens with one attached hydrogen (secondary N) is 1. The van der Waals surface area contributed by atoms with Gasteiger partial charge in [-0.25, -0.2) is 4.98 Å². The number of aromatic nitrogens is 1. The molecular weight excluding hydrogens is 250 g/mol. The van der Waals surface area contributed by atoms with Crippen molar-refractivity contribution < 1.29 is 4.79 Å². The van der Waals surface area contributed by atoms with E-state index in [0.29, 0.717) is 22.7 Å². The van der Waals surface area contributed by atoms with Gasteiger partial charge >= 0.3 is 0 Å². The van der Waals surface area contributed by atoms with Gasteiger partial charge in [-0.3, -0.25) is 4.79 Å². The van der Waals surface area contributed by atoms with Gasteiger partial charge in [0.1, 0.15) is 5.82 Å². The fourth-order valence-corrected chi connectivity index (χ4v) is 3.40. The first-order valence-corrected chi connectivity index (χ1v) is 7.50. The molecule has 1 fully saturated rings. The molecule has 1 aliphatic rings. The number of rotatable bonds is 5. The number of carbonyl (C=O) groups excluding carboxylic acids is 1. The van der Waals surface area contributed by atoms with Gasteiger partial charge in [0.05, 0.1) is 0 Å². The van der Waals surface area contributed by atoms with Gasteiger partial charge < -0.3 is 11.1 Å². The largest absolute Gasteiger partial charge is 0.384 e. The molecule has 4 heteroatoms. The van der Waals surface area contributed by atoms with E-state index in [0.717, 1.165) is 6.54 Å². The SMILES string of the molecule is CC(C)CC1(CNC(=O)c2ccnc(N)c2)CCCC1. The van der Waals surface area contributed by atoms with Crippen LogP contribution >= 0.6 is 0 Å². The third-order valence-electron chi connectivity index (χ3n) is 4.17. The lowest BCUT2D eigenvalue weighted by atomic mass is 9.78. The smallest absolute Gasteiger partial charge is 0.251 e. The highest BCUT2D eigenvalue weighted by molar-refractivity contribution is 5.94. The van der Waals surface area contributed by atoms with Gasteiger partial charge in [0.15, 0.2) is 0 Å². The molecule has 1 heterocycles. The second kappa shape index (κ2) is 6.25. The van der Waals surface area contributed by atoms with Crippen molar-refractivity contribution in [1.82, 2.24) is 10.3 Å². The van der Waals surface area contributed by atoms with E-state index in [4.69, 9.17) is 5.73 Å². The highest BCUT2D eigenvalue weighted by atomic mass is 16.1. The van der Waals surface area contributed by atoms with Crippen LogP contribution in [-0.2, 0) is 0 Å². The maximum Gasteiger partial charge on any atom is 0.251 e. The van der Waals surface area contributed by atoms with E-state index in [1.807, 2.05) is 0 Å². The average molecular weight is 275 g/mol. The standard InChI is InChI=1S/C16H25N3O/c1-12(2)10-16(6-3-4-7-16)11-19-15(20)13-5-8-18-14(17)9-13/h5,8-9,12H,3-4,6-7,10-11H2,1-2H3,(H2,17,18)(H,19,20). The summed E-state index contributed by atoms with van der Waals surface area (Å²) in [6, 6.07) is 3.33. The Kier molecular flexibility index (Phi) is 4.63. The minimum absolute atomic E-state index is 0.0471. The fraction of sp³-hybridized carbons (Fsp3) is 0.625. The lowest BCUT2D eigenvalue weighted by Crippen LogP contribution is -2.36. The van der Waals surface area contributed by atoms with Crippen molar-refractivity contribution in [3.63, 3.8) is 0 Å². The molecule has 110 valence electrons. The molecule has 3 N–H and O–H groups in total. The Labute approximate surface area is 121 Å². The number of pyridine rings is 1. The summed E-state index contributed by atoms with van der Waals surface area (Å²) >= 11 is 0. The summed E-state index contributed by atoms with van der Waals surface area (Å²) in [6.07, 6.45) is 7.78. The zero-order valence-corrected chi connectivity index (χ0v) is 12.5. The molecule has 1 aromatic rings. The zero-order valence-electron chi connectivity index (χ0n) is 12.5. The van der Waals surface area contributed by atoms with E-state index in [2.05, 4.69) is 24.1 Å². The minimum atomic E-state index is -0.0471. The van der Waals surface area contributed by atoms with Crippen LogP contribution in [0.15, 0.2) is 18.3 Å². The zero-order chi connectivity index (χ0) is 14.6. The molecular formula is C16H25N3O. The van der Waals surface area contributed by atoms with Crippen LogP contribution in [0.3, 0.4) is 0 Å². The van der Waals surface area contributed by atoms with E-state index in [1.165, 1.54) is 32.1 Å². The van der Waals surface area contributed by atoms with E-state index in [1.54, 1.807) is 18.3 Å². The Morgan fingerprint density at radius 2 is 2.15 bits per heavy atom. The highest BCUT2D eigenvalue weighted by Crippen LogP contribution is 2.42. The Morgan fingerprint density at radius 3 is 2.75 bits per heavy atom. The van der Waals surface area contributed by atoms with Crippen molar-refractivity contribution >= 4 is 11.7 Å². The predicted molar refractivity (Wildman–Crippen MR) is 81.3 cm³/mol. The maximum atomic E-state index is 12.2. The number of nitrogens with two attached hydrogens (primary N) is 1.